The van der Waals surface area contributed by atoms with Crippen LogP contribution in [0.4, 0.5) is 18.9 Å². The topological polar surface area (TPSA) is 41.1 Å². The zero-order valence-electron chi connectivity index (χ0n) is 11.0. The lowest BCUT2D eigenvalue weighted by molar-refractivity contribution is -0.119. The van der Waals surface area contributed by atoms with Crippen molar-refractivity contribution in [3.8, 4) is 0 Å². The van der Waals surface area contributed by atoms with Crippen LogP contribution in [0.3, 0.4) is 0 Å². The van der Waals surface area contributed by atoms with Crippen LogP contribution in [0.5, 0.6) is 0 Å². The van der Waals surface area contributed by atoms with Gasteiger partial charge in [-0.2, -0.15) is 0 Å². The van der Waals surface area contributed by atoms with Crippen molar-refractivity contribution in [3.05, 3.63) is 65.5 Å². The summed E-state index contributed by atoms with van der Waals surface area (Å²) in [7, 11) is 0. The second kappa shape index (κ2) is 6.78. The Bertz CT molecular complexity index is 609. The normalized spacial score (nSPS) is 10.2. The molecule has 0 atom stereocenters. The molecule has 110 valence electrons. The largest absolute Gasteiger partial charge is 0.376 e. The van der Waals surface area contributed by atoms with Crippen molar-refractivity contribution in [3.63, 3.8) is 0 Å². The minimum atomic E-state index is -0.718. The average Bonchev–Trinajstić information content (AvgIpc) is 2.43. The van der Waals surface area contributed by atoms with E-state index in [1.165, 1.54) is 12.1 Å². The predicted molar refractivity (Wildman–Crippen MR) is 73.1 cm³/mol. The molecule has 2 aromatic rings. The number of hydrogen-bond acceptors (Lipinski definition) is 2. The quantitative estimate of drug-likeness (QED) is 0.890. The van der Waals surface area contributed by atoms with Gasteiger partial charge in [0.25, 0.3) is 0 Å². The average molecular weight is 294 g/mol. The van der Waals surface area contributed by atoms with Gasteiger partial charge in [-0.25, -0.2) is 13.2 Å². The summed E-state index contributed by atoms with van der Waals surface area (Å²) in [5, 5.41) is 5.23. The fraction of sp³-hybridized carbons (Fsp3) is 0.133. The highest BCUT2D eigenvalue weighted by Crippen LogP contribution is 2.12. The number of rotatable bonds is 5. The molecule has 0 aromatic heterocycles. The number of halogens is 3. The maximum atomic E-state index is 12.9. The first-order valence-electron chi connectivity index (χ1n) is 6.24. The fourth-order valence-electron chi connectivity index (χ4n) is 1.70. The van der Waals surface area contributed by atoms with E-state index >= 15 is 0 Å². The summed E-state index contributed by atoms with van der Waals surface area (Å²) in [5.41, 5.74) is 0.936. The Labute approximate surface area is 119 Å². The molecule has 0 saturated heterocycles. The van der Waals surface area contributed by atoms with Gasteiger partial charge in [0.15, 0.2) is 0 Å². The highest BCUT2D eigenvalue weighted by atomic mass is 19.1. The van der Waals surface area contributed by atoms with E-state index in [2.05, 4.69) is 10.6 Å². The molecule has 2 N–H and O–H groups in total. The summed E-state index contributed by atoms with van der Waals surface area (Å²) in [6, 6.07) is 8.66. The number of benzene rings is 2. The third kappa shape index (κ3) is 4.83. The molecule has 0 unspecified atom stereocenters. The SMILES string of the molecule is O=C(CNc1cc(F)cc(F)c1)NCc1ccc(F)cc1. The van der Waals surface area contributed by atoms with Crippen molar-refractivity contribution in [2.24, 2.45) is 0 Å². The zero-order chi connectivity index (χ0) is 15.2. The molecule has 0 heterocycles. The van der Waals surface area contributed by atoms with Gasteiger partial charge in [0.1, 0.15) is 17.5 Å². The molecule has 0 aliphatic rings. The number of carbonyl (C=O) groups excluding carboxylic acids is 1. The van der Waals surface area contributed by atoms with Gasteiger partial charge in [-0.15, -0.1) is 0 Å². The molecule has 2 rings (SSSR count). The van der Waals surface area contributed by atoms with E-state index < -0.39 is 11.6 Å². The third-order valence-electron chi connectivity index (χ3n) is 2.72. The van der Waals surface area contributed by atoms with Gasteiger partial charge in [-0.05, 0) is 29.8 Å². The molecular weight excluding hydrogens is 281 g/mol. The Hall–Kier alpha value is -2.50. The van der Waals surface area contributed by atoms with Gasteiger partial charge < -0.3 is 10.6 Å². The molecular formula is C15H13F3N2O. The third-order valence-corrected chi connectivity index (χ3v) is 2.72. The Morgan fingerprint density at radius 1 is 0.905 bits per heavy atom. The Morgan fingerprint density at radius 3 is 2.14 bits per heavy atom. The van der Waals surface area contributed by atoms with Gasteiger partial charge in [0.2, 0.25) is 5.91 Å². The van der Waals surface area contributed by atoms with Crippen LogP contribution in [0.25, 0.3) is 0 Å². The molecule has 2 aromatic carbocycles. The zero-order valence-corrected chi connectivity index (χ0v) is 11.0. The molecule has 21 heavy (non-hydrogen) atoms. The van der Waals surface area contributed by atoms with Gasteiger partial charge >= 0.3 is 0 Å². The van der Waals surface area contributed by atoms with E-state index in [1.54, 1.807) is 12.1 Å². The number of amides is 1. The van der Waals surface area contributed by atoms with E-state index in [0.717, 1.165) is 23.8 Å². The molecule has 0 fully saturated rings. The van der Waals surface area contributed by atoms with Crippen molar-refractivity contribution in [1.82, 2.24) is 5.32 Å². The van der Waals surface area contributed by atoms with Crippen LogP contribution < -0.4 is 10.6 Å². The highest BCUT2D eigenvalue weighted by Gasteiger charge is 2.04. The van der Waals surface area contributed by atoms with Crippen LogP contribution in [0, 0.1) is 17.5 Å². The van der Waals surface area contributed by atoms with Gasteiger partial charge in [0, 0.05) is 18.3 Å². The molecule has 0 saturated carbocycles. The lowest BCUT2D eigenvalue weighted by Crippen LogP contribution is -2.29. The summed E-state index contributed by atoms with van der Waals surface area (Å²) in [5.74, 6) is -2.13. The summed E-state index contributed by atoms with van der Waals surface area (Å²) >= 11 is 0. The maximum absolute atomic E-state index is 12.9. The summed E-state index contributed by atoms with van der Waals surface area (Å²) in [6.07, 6.45) is 0. The van der Waals surface area contributed by atoms with Crippen molar-refractivity contribution >= 4 is 11.6 Å². The monoisotopic (exact) mass is 294 g/mol. The highest BCUT2D eigenvalue weighted by molar-refractivity contribution is 5.80. The summed E-state index contributed by atoms with van der Waals surface area (Å²) < 4.78 is 38.6. The van der Waals surface area contributed by atoms with E-state index in [9.17, 15) is 18.0 Å². The first-order chi connectivity index (χ1) is 10.0. The van der Waals surface area contributed by atoms with Crippen LogP contribution in [0.1, 0.15) is 5.56 Å². The predicted octanol–water partition coefficient (Wildman–Crippen LogP) is 2.83. The van der Waals surface area contributed by atoms with Crippen LogP contribution >= 0.6 is 0 Å². The lowest BCUT2D eigenvalue weighted by atomic mass is 10.2. The molecule has 0 aliphatic heterocycles. The second-order valence-corrected chi connectivity index (χ2v) is 4.41. The van der Waals surface area contributed by atoms with E-state index in [-0.39, 0.29) is 30.5 Å². The lowest BCUT2D eigenvalue weighted by Gasteiger charge is -2.08. The number of nitrogens with one attached hydrogen (secondary N) is 2. The molecule has 0 spiro atoms. The van der Waals surface area contributed by atoms with Crippen molar-refractivity contribution in [1.29, 1.82) is 0 Å². The van der Waals surface area contributed by atoms with Crippen LogP contribution in [0.15, 0.2) is 42.5 Å². The summed E-state index contributed by atoms with van der Waals surface area (Å²) in [4.78, 5) is 11.6. The smallest absolute Gasteiger partial charge is 0.239 e. The Kier molecular flexibility index (Phi) is 4.81. The molecule has 0 radical (unpaired) electrons. The Morgan fingerprint density at radius 2 is 1.52 bits per heavy atom. The molecule has 3 nitrogen and oxygen atoms in total. The molecule has 0 bridgehead atoms. The van der Waals surface area contributed by atoms with Crippen molar-refractivity contribution in [2.45, 2.75) is 6.54 Å². The van der Waals surface area contributed by atoms with E-state index in [4.69, 9.17) is 0 Å². The Balaban J connectivity index is 1.80. The van der Waals surface area contributed by atoms with Crippen LogP contribution in [-0.2, 0) is 11.3 Å². The van der Waals surface area contributed by atoms with Crippen molar-refractivity contribution < 1.29 is 18.0 Å². The van der Waals surface area contributed by atoms with Crippen LogP contribution in [0.2, 0.25) is 0 Å². The molecule has 6 heteroatoms. The van der Waals surface area contributed by atoms with E-state index in [1.807, 2.05) is 0 Å². The summed E-state index contributed by atoms with van der Waals surface area (Å²) in [6.45, 7) is 0.127. The number of hydrogen-bond donors (Lipinski definition) is 2. The number of anilines is 1. The first kappa shape index (κ1) is 14.9. The molecule has 1 amide bonds. The van der Waals surface area contributed by atoms with Crippen molar-refractivity contribution in [2.75, 3.05) is 11.9 Å². The van der Waals surface area contributed by atoms with Gasteiger partial charge in [0.05, 0.1) is 6.54 Å². The maximum Gasteiger partial charge on any atom is 0.239 e. The minimum absolute atomic E-state index is 0.121. The first-order valence-corrected chi connectivity index (χ1v) is 6.24. The van der Waals surface area contributed by atoms with Crippen LogP contribution in [-0.4, -0.2) is 12.5 Å². The van der Waals surface area contributed by atoms with Gasteiger partial charge in [-0.1, -0.05) is 12.1 Å². The number of carbonyl (C=O) groups is 1. The minimum Gasteiger partial charge on any atom is -0.376 e. The van der Waals surface area contributed by atoms with E-state index in [0.29, 0.717) is 0 Å². The molecule has 0 aliphatic carbocycles. The standard InChI is InChI=1S/C15H13F3N2O/c16-11-3-1-10(2-4-11)8-20-15(21)9-19-14-6-12(17)5-13(18)7-14/h1-7,19H,8-9H2,(H,20,21). The fourth-order valence-corrected chi connectivity index (χ4v) is 1.70. The van der Waals surface area contributed by atoms with Gasteiger partial charge in [-0.3, -0.25) is 4.79 Å². The second-order valence-electron chi connectivity index (χ2n) is 4.41.